The van der Waals surface area contributed by atoms with Gasteiger partial charge in [0, 0.05) is 24.3 Å². The number of nitrogens with zero attached hydrogens (tertiary/aromatic N) is 2. The van der Waals surface area contributed by atoms with Crippen molar-refractivity contribution in [3.8, 4) is 6.07 Å². The molecule has 1 saturated heterocycles. The van der Waals surface area contributed by atoms with Crippen molar-refractivity contribution < 1.29 is 4.79 Å². The van der Waals surface area contributed by atoms with Gasteiger partial charge in [-0.15, -0.1) is 0 Å². The van der Waals surface area contributed by atoms with Crippen LogP contribution in [0.4, 0.5) is 5.69 Å². The van der Waals surface area contributed by atoms with Gasteiger partial charge in [-0.3, -0.25) is 4.79 Å². The Labute approximate surface area is 114 Å². The van der Waals surface area contributed by atoms with E-state index < -0.39 is 0 Å². The van der Waals surface area contributed by atoms with Crippen LogP contribution in [0.15, 0.2) is 18.2 Å². The first-order valence-corrected chi connectivity index (χ1v) is 6.83. The molecule has 1 unspecified atom stereocenters. The number of nitriles is 1. The normalized spacial score (nSPS) is 18.7. The predicted molar refractivity (Wildman–Crippen MR) is 76.3 cm³/mol. The first-order chi connectivity index (χ1) is 9.02. The van der Waals surface area contributed by atoms with Gasteiger partial charge in [0.15, 0.2) is 5.78 Å². The van der Waals surface area contributed by atoms with Crippen LogP contribution in [-0.2, 0) is 0 Å². The molecule has 1 heterocycles. The summed E-state index contributed by atoms with van der Waals surface area (Å²) in [6.07, 6.45) is 1.16. The van der Waals surface area contributed by atoms with Crippen molar-refractivity contribution in [1.82, 2.24) is 0 Å². The highest BCUT2D eigenvalue weighted by molar-refractivity contribution is 6.00. The van der Waals surface area contributed by atoms with E-state index in [4.69, 9.17) is 5.26 Å². The molecule has 0 radical (unpaired) electrons. The Bertz CT molecular complexity index is 528. The van der Waals surface area contributed by atoms with Gasteiger partial charge in [0.2, 0.25) is 0 Å². The largest absolute Gasteiger partial charge is 0.371 e. The maximum absolute atomic E-state index is 11.7. The Morgan fingerprint density at radius 1 is 1.47 bits per heavy atom. The first kappa shape index (κ1) is 13.6. The Balaban J connectivity index is 2.33. The minimum Gasteiger partial charge on any atom is -0.371 e. The summed E-state index contributed by atoms with van der Waals surface area (Å²) in [6, 6.07) is 7.49. The van der Waals surface area contributed by atoms with E-state index in [-0.39, 0.29) is 5.78 Å². The molecule has 0 aliphatic carbocycles. The van der Waals surface area contributed by atoms with Crippen LogP contribution >= 0.6 is 0 Å². The number of anilines is 1. The Morgan fingerprint density at radius 3 is 2.74 bits per heavy atom. The number of Topliss-reactive ketones (excluding diaryl/α,β-unsaturated/α-hetero) is 1. The molecule has 0 saturated carbocycles. The van der Waals surface area contributed by atoms with Gasteiger partial charge in [0.05, 0.1) is 11.6 Å². The molecule has 1 fully saturated rings. The summed E-state index contributed by atoms with van der Waals surface area (Å²) in [5, 5.41) is 9.02. The fraction of sp³-hybridized carbons (Fsp3) is 0.500. The second-order valence-corrected chi connectivity index (χ2v) is 5.64. The van der Waals surface area contributed by atoms with Crippen LogP contribution in [0.5, 0.6) is 0 Å². The van der Waals surface area contributed by atoms with E-state index in [2.05, 4.69) is 24.8 Å². The number of carbonyl (C=O) groups is 1. The Kier molecular flexibility index (Phi) is 3.90. The van der Waals surface area contributed by atoms with Gasteiger partial charge in [0.1, 0.15) is 0 Å². The molecule has 0 spiro atoms. The third-order valence-electron chi connectivity index (χ3n) is 4.01. The average molecular weight is 256 g/mol. The second kappa shape index (κ2) is 5.44. The van der Waals surface area contributed by atoms with Crippen LogP contribution in [0.3, 0.4) is 0 Å². The van der Waals surface area contributed by atoms with E-state index in [1.807, 2.05) is 6.07 Å². The van der Waals surface area contributed by atoms with E-state index in [0.29, 0.717) is 17.4 Å². The van der Waals surface area contributed by atoms with Crippen molar-refractivity contribution in [3.63, 3.8) is 0 Å². The molecule has 1 aromatic carbocycles. The third-order valence-corrected chi connectivity index (χ3v) is 4.01. The van der Waals surface area contributed by atoms with E-state index in [0.717, 1.165) is 30.8 Å². The number of rotatable bonds is 3. The maximum atomic E-state index is 11.7. The summed E-state index contributed by atoms with van der Waals surface area (Å²) in [5.41, 5.74) is 2.27. The average Bonchev–Trinajstić information content (AvgIpc) is 2.87. The van der Waals surface area contributed by atoms with Crippen LogP contribution in [0.25, 0.3) is 0 Å². The standard InChI is InChI=1S/C16H20N2O/c1-11(2)14-6-7-18(10-14)16-8-13(9-17)4-5-15(16)12(3)19/h4-5,8,11,14H,6-7,10H2,1-3H3. The highest BCUT2D eigenvalue weighted by atomic mass is 16.1. The SMILES string of the molecule is CC(=O)c1ccc(C#N)cc1N1CCC(C(C)C)C1. The van der Waals surface area contributed by atoms with Crippen molar-refractivity contribution in [2.45, 2.75) is 27.2 Å². The van der Waals surface area contributed by atoms with Crippen molar-refractivity contribution in [3.05, 3.63) is 29.3 Å². The quantitative estimate of drug-likeness (QED) is 0.780. The van der Waals surface area contributed by atoms with Gasteiger partial charge in [0.25, 0.3) is 0 Å². The minimum atomic E-state index is 0.0625. The third kappa shape index (κ3) is 2.78. The zero-order valence-electron chi connectivity index (χ0n) is 11.8. The van der Waals surface area contributed by atoms with Crippen LogP contribution in [0.2, 0.25) is 0 Å². The van der Waals surface area contributed by atoms with E-state index >= 15 is 0 Å². The number of hydrogen-bond acceptors (Lipinski definition) is 3. The van der Waals surface area contributed by atoms with Crippen LogP contribution in [-0.4, -0.2) is 18.9 Å². The first-order valence-electron chi connectivity index (χ1n) is 6.83. The molecule has 2 rings (SSSR count). The van der Waals surface area contributed by atoms with Crippen LogP contribution in [0.1, 0.15) is 43.1 Å². The summed E-state index contributed by atoms with van der Waals surface area (Å²) >= 11 is 0. The van der Waals surface area contributed by atoms with Crippen molar-refractivity contribution >= 4 is 11.5 Å². The van der Waals surface area contributed by atoms with Gasteiger partial charge in [-0.1, -0.05) is 13.8 Å². The number of ketones is 1. The molecule has 1 atom stereocenters. The highest BCUT2D eigenvalue weighted by Crippen LogP contribution is 2.31. The van der Waals surface area contributed by atoms with Crippen molar-refractivity contribution in [1.29, 1.82) is 5.26 Å². The lowest BCUT2D eigenvalue weighted by atomic mass is 9.95. The molecule has 0 aromatic heterocycles. The molecule has 1 aliphatic rings. The van der Waals surface area contributed by atoms with Crippen molar-refractivity contribution in [2.75, 3.05) is 18.0 Å². The molecule has 0 bridgehead atoms. The van der Waals surface area contributed by atoms with Gasteiger partial charge >= 0.3 is 0 Å². The summed E-state index contributed by atoms with van der Waals surface area (Å²) in [7, 11) is 0. The zero-order chi connectivity index (χ0) is 14.0. The maximum Gasteiger partial charge on any atom is 0.161 e. The Morgan fingerprint density at radius 2 is 2.21 bits per heavy atom. The fourth-order valence-electron chi connectivity index (χ4n) is 2.71. The monoisotopic (exact) mass is 256 g/mol. The van der Waals surface area contributed by atoms with E-state index in [9.17, 15) is 4.79 Å². The molecule has 0 N–H and O–H groups in total. The van der Waals surface area contributed by atoms with Gasteiger partial charge in [-0.2, -0.15) is 5.26 Å². The molecule has 100 valence electrons. The number of benzene rings is 1. The van der Waals surface area contributed by atoms with E-state index in [1.54, 1.807) is 19.1 Å². The fourth-order valence-corrected chi connectivity index (χ4v) is 2.71. The van der Waals surface area contributed by atoms with Gasteiger partial charge in [-0.05, 0) is 43.4 Å². The van der Waals surface area contributed by atoms with Crippen LogP contribution < -0.4 is 4.90 Å². The predicted octanol–water partition coefficient (Wildman–Crippen LogP) is 3.24. The molecule has 19 heavy (non-hydrogen) atoms. The lowest BCUT2D eigenvalue weighted by Crippen LogP contribution is -2.23. The number of hydrogen-bond donors (Lipinski definition) is 0. The number of carbonyl (C=O) groups excluding carboxylic acids is 1. The molecule has 1 aliphatic heterocycles. The lowest BCUT2D eigenvalue weighted by molar-refractivity contribution is 0.101. The zero-order valence-corrected chi connectivity index (χ0v) is 11.8. The van der Waals surface area contributed by atoms with Gasteiger partial charge in [-0.25, -0.2) is 0 Å². The summed E-state index contributed by atoms with van der Waals surface area (Å²) in [6.45, 7) is 8.02. The summed E-state index contributed by atoms with van der Waals surface area (Å²) < 4.78 is 0. The van der Waals surface area contributed by atoms with Crippen LogP contribution in [0, 0.1) is 23.2 Å². The van der Waals surface area contributed by atoms with Crippen molar-refractivity contribution in [2.24, 2.45) is 11.8 Å². The smallest absolute Gasteiger partial charge is 0.161 e. The minimum absolute atomic E-state index is 0.0625. The topological polar surface area (TPSA) is 44.1 Å². The molecule has 0 amide bonds. The highest BCUT2D eigenvalue weighted by Gasteiger charge is 2.27. The summed E-state index contributed by atoms with van der Waals surface area (Å²) in [4.78, 5) is 14.0. The molecular formula is C16H20N2O. The molecule has 1 aromatic rings. The van der Waals surface area contributed by atoms with Gasteiger partial charge < -0.3 is 4.90 Å². The molecule has 3 nitrogen and oxygen atoms in total. The lowest BCUT2D eigenvalue weighted by Gasteiger charge is -2.22. The molecule has 3 heteroatoms. The second-order valence-electron chi connectivity index (χ2n) is 5.64. The summed E-state index contributed by atoms with van der Waals surface area (Å²) in [5.74, 6) is 1.39. The Hall–Kier alpha value is -1.82. The van der Waals surface area contributed by atoms with E-state index in [1.165, 1.54) is 0 Å². The molecular weight excluding hydrogens is 236 g/mol.